The van der Waals surface area contributed by atoms with Crippen LogP contribution in [0.2, 0.25) is 0 Å². The molecule has 4 nitrogen and oxygen atoms in total. The number of aromatic nitrogens is 2. The molecule has 0 aromatic carbocycles. The molecule has 0 spiro atoms. The topological polar surface area (TPSA) is 55.1 Å². The van der Waals surface area contributed by atoms with Crippen molar-refractivity contribution < 1.29 is 9.90 Å². The molecule has 0 amide bonds. The number of imidazole rings is 1. The number of nitrogens with zero attached hydrogens (tertiary/aromatic N) is 2. The summed E-state index contributed by atoms with van der Waals surface area (Å²) in [5.74, 6) is 0.235. The minimum Gasteiger partial charge on any atom is -0.481 e. The molecule has 1 heterocycles. The Labute approximate surface area is 77.2 Å². The molecule has 1 rings (SSSR count). The van der Waals surface area contributed by atoms with E-state index >= 15 is 0 Å². The quantitative estimate of drug-likeness (QED) is 0.747. The summed E-state index contributed by atoms with van der Waals surface area (Å²) in [6.07, 6.45) is 5.28. The van der Waals surface area contributed by atoms with E-state index in [1.165, 1.54) is 0 Å². The molecule has 13 heavy (non-hydrogen) atoms. The number of carboxylic acid groups (broad SMARTS) is 1. The summed E-state index contributed by atoms with van der Waals surface area (Å²) in [5, 5.41) is 8.44. The van der Waals surface area contributed by atoms with E-state index in [4.69, 9.17) is 5.11 Å². The summed E-state index contributed by atoms with van der Waals surface area (Å²) in [6.45, 7) is 2.94. The van der Waals surface area contributed by atoms with Crippen molar-refractivity contribution in [3.8, 4) is 0 Å². The van der Waals surface area contributed by atoms with Crippen molar-refractivity contribution in [1.82, 2.24) is 9.55 Å². The Morgan fingerprint density at radius 1 is 1.69 bits per heavy atom. The Kier molecular flexibility index (Phi) is 3.49. The molecule has 0 aliphatic rings. The Balaban J connectivity index is 2.40. The fourth-order valence-electron chi connectivity index (χ4n) is 1.25. The first-order chi connectivity index (χ1) is 6.24. The molecule has 1 aromatic rings. The molecule has 0 unspecified atom stereocenters. The van der Waals surface area contributed by atoms with Crippen LogP contribution in [0.1, 0.15) is 25.6 Å². The molecule has 0 aliphatic carbocycles. The largest absolute Gasteiger partial charge is 0.481 e. The number of hydrogen-bond acceptors (Lipinski definition) is 2. The molecule has 1 aromatic heterocycles. The summed E-state index contributed by atoms with van der Waals surface area (Å²) < 4.78 is 2.03. The molecule has 0 saturated heterocycles. The fourth-order valence-corrected chi connectivity index (χ4v) is 1.25. The summed E-state index contributed by atoms with van der Waals surface area (Å²) in [5.41, 5.74) is 0. The molecule has 4 heteroatoms. The van der Waals surface area contributed by atoms with Crippen LogP contribution >= 0.6 is 0 Å². The van der Waals surface area contributed by atoms with E-state index in [1.807, 2.05) is 17.7 Å². The Bertz CT molecular complexity index is 281. The first-order valence-electron chi connectivity index (χ1n) is 4.46. The van der Waals surface area contributed by atoms with Gasteiger partial charge in [-0.2, -0.15) is 0 Å². The highest BCUT2D eigenvalue weighted by Gasteiger charge is 2.02. The summed E-state index contributed by atoms with van der Waals surface area (Å²) in [7, 11) is 0. The third-order valence-corrected chi connectivity index (χ3v) is 1.93. The lowest BCUT2D eigenvalue weighted by Gasteiger charge is -2.02. The van der Waals surface area contributed by atoms with Crippen LogP contribution in [0.3, 0.4) is 0 Å². The SMILES string of the molecule is CCn1ccnc1CCCC(=O)O. The van der Waals surface area contributed by atoms with E-state index in [-0.39, 0.29) is 6.42 Å². The maximum absolute atomic E-state index is 10.3. The van der Waals surface area contributed by atoms with Crippen molar-refractivity contribution in [2.24, 2.45) is 0 Å². The maximum atomic E-state index is 10.3. The first kappa shape index (κ1) is 9.77. The van der Waals surface area contributed by atoms with E-state index in [1.54, 1.807) is 6.20 Å². The van der Waals surface area contributed by atoms with Gasteiger partial charge in [-0.15, -0.1) is 0 Å². The predicted molar refractivity (Wildman–Crippen MR) is 48.5 cm³/mol. The zero-order chi connectivity index (χ0) is 9.68. The summed E-state index contributed by atoms with van der Waals surface area (Å²) in [6, 6.07) is 0. The third kappa shape index (κ3) is 2.89. The molecule has 72 valence electrons. The van der Waals surface area contributed by atoms with E-state index in [0.29, 0.717) is 6.42 Å². The molecule has 0 atom stereocenters. The Morgan fingerprint density at radius 3 is 3.08 bits per heavy atom. The third-order valence-electron chi connectivity index (χ3n) is 1.93. The van der Waals surface area contributed by atoms with E-state index in [0.717, 1.165) is 18.8 Å². The van der Waals surface area contributed by atoms with Crippen LogP contribution in [0.5, 0.6) is 0 Å². The summed E-state index contributed by atoms with van der Waals surface area (Å²) in [4.78, 5) is 14.4. The van der Waals surface area contributed by atoms with Crippen molar-refractivity contribution in [2.45, 2.75) is 32.7 Å². The van der Waals surface area contributed by atoms with Gasteiger partial charge in [-0.1, -0.05) is 0 Å². The van der Waals surface area contributed by atoms with Crippen LogP contribution in [-0.2, 0) is 17.8 Å². The second-order valence-corrected chi connectivity index (χ2v) is 2.88. The highest BCUT2D eigenvalue weighted by atomic mass is 16.4. The average Bonchev–Trinajstić information content (AvgIpc) is 2.51. The van der Waals surface area contributed by atoms with Gasteiger partial charge in [0.05, 0.1) is 0 Å². The van der Waals surface area contributed by atoms with Crippen molar-refractivity contribution >= 4 is 5.97 Å². The Morgan fingerprint density at radius 2 is 2.46 bits per heavy atom. The molecule has 0 saturated carbocycles. The standard InChI is InChI=1S/C9H14N2O2/c1-2-11-7-6-10-8(11)4-3-5-9(12)13/h6-7H,2-5H2,1H3,(H,12,13). The molecule has 0 bridgehead atoms. The van der Waals surface area contributed by atoms with Gasteiger partial charge in [0.1, 0.15) is 5.82 Å². The highest BCUT2D eigenvalue weighted by molar-refractivity contribution is 5.66. The summed E-state index contributed by atoms with van der Waals surface area (Å²) >= 11 is 0. The minimum atomic E-state index is -0.741. The van der Waals surface area contributed by atoms with Gasteiger partial charge < -0.3 is 9.67 Å². The van der Waals surface area contributed by atoms with Gasteiger partial charge in [0.2, 0.25) is 0 Å². The van der Waals surface area contributed by atoms with Crippen LogP contribution in [0.15, 0.2) is 12.4 Å². The van der Waals surface area contributed by atoms with E-state index in [2.05, 4.69) is 4.98 Å². The van der Waals surface area contributed by atoms with Crippen molar-refractivity contribution in [2.75, 3.05) is 0 Å². The monoisotopic (exact) mass is 182 g/mol. The second kappa shape index (κ2) is 4.64. The lowest BCUT2D eigenvalue weighted by atomic mass is 10.2. The van der Waals surface area contributed by atoms with Gasteiger partial charge in [0.25, 0.3) is 0 Å². The van der Waals surface area contributed by atoms with Crippen LogP contribution in [0.4, 0.5) is 0 Å². The smallest absolute Gasteiger partial charge is 0.303 e. The van der Waals surface area contributed by atoms with Gasteiger partial charge in [-0.25, -0.2) is 4.98 Å². The van der Waals surface area contributed by atoms with Gasteiger partial charge in [0.15, 0.2) is 0 Å². The molecule has 0 radical (unpaired) electrons. The highest BCUT2D eigenvalue weighted by Crippen LogP contribution is 2.03. The van der Waals surface area contributed by atoms with Crippen LogP contribution in [0, 0.1) is 0 Å². The number of aliphatic carboxylic acids is 1. The maximum Gasteiger partial charge on any atom is 0.303 e. The average molecular weight is 182 g/mol. The van der Waals surface area contributed by atoms with Crippen LogP contribution in [-0.4, -0.2) is 20.6 Å². The fraction of sp³-hybridized carbons (Fsp3) is 0.556. The van der Waals surface area contributed by atoms with Crippen LogP contribution < -0.4 is 0 Å². The first-order valence-corrected chi connectivity index (χ1v) is 4.46. The lowest BCUT2D eigenvalue weighted by Crippen LogP contribution is -2.02. The van der Waals surface area contributed by atoms with Gasteiger partial charge in [0, 0.05) is 31.8 Å². The van der Waals surface area contributed by atoms with Crippen LogP contribution in [0.25, 0.3) is 0 Å². The number of rotatable bonds is 5. The van der Waals surface area contributed by atoms with Gasteiger partial charge in [-0.3, -0.25) is 4.79 Å². The number of aryl methyl sites for hydroxylation is 2. The van der Waals surface area contributed by atoms with Gasteiger partial charge in [-0.05, 0) is 13.3 Å². The number of carboxylic acids is 1. The normalized spacial score (nSPS) is 10.2. The van der Waals surface area contributed by atoms with Crippen molar-refractivity contribution in [1.29, 1.82) is 0 Å². The molecular weight excluding hydrogens is 168 g/mol. The molecule has 0 fully saturated rings. The molecule has 1 N–H and O–H groups in total. The zero-order valence-corrected chi connectivity index (χ0v) is 7.73. The minimum absolute atomic E-state index is 0.219. The van der Waals surface area contributed by atoms with E-state index < -0.39 is 5.97 Å². The zero-order valence-electron chi connectivity index (χ0n) is 7.73. The molecular formula is C9H14N2O2. The number of carbonyl (C=O) groups is 1. The molecule has 0 aliphatic heterocycles. The van der Waals surface area contributed by atoms with Crippen molar-refractivity contribution in [3.05, 3.63) is 18.2 Å². The lowest BCUT2D eigenvalue weighted by molar-refractivity contribution is -0.137. The second-order valence-electron chi connectivity index (χ2n) is 2.88. The van der Waals surface area contributed by atoms with E-state index in [9.17, 15) is 4.79 Å². The Hall–Kier alpha value is -1.32. The van der Waals surface area contributed by atoms with Crippen molar-refractivity contribution in [3.63, 3.8) is 0 Å². The van der Waals surface area contributed by atoms with Gasteiger partial charge >= 0.3 is 5.97 Å². The predicted octanol–water partition coefficient (Wildman–Crippen LogP) is 1.31. The number of hydrogen-bond donors (Lipinski definition) is 1.